The molecule has 138 valence electrons. The Labute approximate surface area is 162 Å². The molecule has 3 heterocycles. The zero-order valence-corrected chi connectivity index (χ0v) is 15.8. The summed E-state index contributed by atoms with van der Waals surface area (Å²) in [5.41, 5.74) is 4.96. The molecule has 0 saturated heterocycles. The quantitative estimate of drug-likeness (QED) is 0.474. The van der Waals surface area contributed by atoms with Crippen molar-refractivity contribution < 1.29 is 0 Å². The molecule has 1 atom stereocenters. The maximum atomic E-state index is 4.87. The first-order valence-corrected chi connectivity index (χ1v) is 9.45. The molecule has 0 radical (unpaired) electrons. The number of nitrogens with zero attached hydrogens (tertiary/aromatic N) is 6. The van der Waals surface area contributed by atoms with Gasteiger partial charge < -0.3 is 0 Å². The molecule has 0 N–H and O–H groups in total. The Balaban J connectivity index is 1.65. The van der Waals surface area contributed by atoms with Crippen LogP contribution in [0.1, 0.15) is 36.2 Å². The van der Waals surface area contributed by atoms with Crippen molar-refractivity contribution in [3.05, 3.63) is 84.1 Å². The Kier molecular flexibility index (Phi) is 3.90. The van der Waals surface area contributed by atoms with Gasteiger partial charge in [-0.25, -0.2) is 19.2 Å². The third kappa shape index (κ3) is 2.65. The van der Waals surface area contributed by atoms with Gasteiger partial charge in [0.1, 0.15) is 6.33 Å². The number of aryl methyl sites for hydroxylation is 1. The average molecular weight is 368 g/mol. The smallest absolute Gasteiger partial charge is 0.170 e. The lowest BCUT2D eigenvalue weighted by Crippen LogP contribution is -2.02. The summed E-state index contributed by atoms with van der Waals surface area (Å²) in [6.45, 7) is 4.23. The molecule has 3 aromatic heterocycles. The summed E-state index contributed by atoms with van der Waals surface area (Å²) in [6.07, 6.45) is 4.47. The molecular weight excluding hydrogens is 348 g/mol. The van der Waals surface area contributed by atoms with Gasteiger partial charge >= 0.3 is 0 Å². The standard InChI is InChI=1S/C22H20N6/c1-3-18(16-9-5-4-6-10-16)20-25-22-19-13-24-28(17-11-7-8-15(2)12-17)21(19)23-14-27(22)26-20/h4-14,18H,3H2,1-2H3/t18-/m0/s1. The normalized spacial score (nSPS) is 12.6. The van der Waals surface area contributed by atoms with Crippen LogP contribution in [0.2, 0.25) is 0 Å². The zero-order chi connectivity index (χ0) is 19.1. The van der Waals surface area contributed by atoms with E-state index in [9.17, 15) is 0 Å². The fourth-order valence-corrected chi connectivity index (χ4v) is 3.69. The van der Waals surface area contributed by atoms with Crippen LogP contribution in [0, 0.1) is 6.92 Å². The van der Waals surface area contributed by atoms with Crippen molar-refractivity contribution in [3.8, 4) is 5.69 Å². The monoisotopic (exact) mass is 368 g/mol. The molecule has 0 aliphatic carbocycles. The predicted octanol–water partition coefficient (Wildman–Crippen LogP) is 4.31. The third-order valence-electron chi connectivity index (χ3n) is 5.09. The molecule has 6 heteroatoms. The van der Waals surface area contributed by atoms with Gasteiger partial charge in [-0.3, -0.25) is 0 Å². The van der Waals surface area contributed by atoms with Crippen LogP contribution in [0.3, 0.4) is 0 Å². The highest BCUT2D eigenvalue weighted by Gasteiger charge is 2.19. The summed E-state index contributed by atoms with van der Waals surface area (Å²) in [7, 11) is 0. The van der Waals surface area contributed by atoms with Gasteiger partial charge in [-0.15, -0.1) is 5.10 Å². The highest BCUT2D eigenvalue weighted by Crippen LogP contribution is 2.27. The molecule has 0 amide bonds. The molecule has 5 aromatic rings. The molecule has 0 spiro atoms. The largest absolute Gasteiger partial charge is 0.216 e. The Morgan fingerprint density at radius 2 is 1.86 bits per heavy atom. The van der Waals surface area contributed by atoms with Crippen LogP contribution in [0.5, 0.6) is 0 Å². The van der Waals surface area contributed by atoms with Crippen molar-refractivity contribution in [2.45, 2.75) is 26.2 Å². The molecule has 0 fully saturated rings. The minimum atomic E-state index is 0.156. The van der Waals surface area contributed by atoms with Crippen molar-refractivity contribution in [1.29, 1.82) is 0 Å². The van der Waals surface area contributed by atoms with E-state index in [4.69, 9.17) is 10.1 Å². The summed E-state index contributed by atoms with van der Waals surface area (Å²) in [6, 6.07) is 18.6. The maximum absolute atomic E-state index is 4.87. The van der Waals surface area contributed by atoms with Gasteiger partial charge in [-0.1, -0.05) is 49.4 Å². The van der Waals surface area contributed by atoms with Gasteiger partial charge in [0.05, 0.1) is 17.3 Å². The molecule has 0 aliphatic rings. The highest BCUT2D eigenvalue weighted by molar-refractivity contribution is 5.89. The maximum Gasteiger partial charge on any atom is 0.170 e. The Morgan fingerprint density at radius 3 is 2.64 bits per heavy atom. The average Bonchev–Trinajstić information content (AvgIpc) is 3.33. The zero-order valence-electron chi connectivity index (χ0n) is 15.8. The van der Waals surface area contributed by atoms with Gasteiger partial charge in [0, 0.05) is 5.92 Å². The number of rotatable bonds is 4. The van der Waals surface area contributed by atoms with E-state index in [1.165, 1.54) is 11.1 Å². The first-order chi connectivity index (χ1) is 13.7. The molecule has 0 aliphatic heterocycles. The van der Waals surface area contributed by atoms with Crippen LogP contribution in [0.25, 0.3) is 22.4 Å². The fraction of sp³-hybridized carbons (Fsp3) is 0.182. The second-order valence-corrected chi connectivity index (χ2v) is 6.99. The van der Waals surface area contributed by atoms with Gasteiger partial charge in [-0.2, -0.15) is 5.10 Å². The van der Waals surface area contributed by atoms with E-state index in [1.54, 1.807) is 10.8 Å². The van der Waals surface area contributed by atoms with Crippen molar-refractivity contribution in [3.63, 3.8) is 0 Å². The first kappa shape index (κ1) is 16.6. The second kappa shape index (κ2) is 6.56. The summed E-state index contributed by atoms with van der Waals surface area (Å²) in [5, 5.41) is 10.2. The summed E-state index contributed by atoms with van der Waals surface area (Å²) in [4.78, 5) is 9.48. The Morgan fingerprint density at radius 1 is 1.00 bits per heavy atom. The predicted molar refractivity (Wildman–Crippen MR) is 109 cm³/mol. The van der Waals surface area contributed by atoms with E-state index < -0.39 is 0 Å². The van der Waals surface area contributed by atoms with Gasteiger partial charge in [0.2, 0.25) is 0 Å². The van der Waals surface area contributed by atoms with Gasteiger partial charge in [0.25, 0.3) is 0 Å². The molecule has 28 heavy (non-hydrogen) atoms. The van der Waals surface area contributed by atoms with Crippen molar-refractivity contribution in [2.24, 2.45) is 0 Å². The molecule has 0 bridgehead atoms. The molecular formula is C22H20N6. The molecule has 2 aromatic carbocycles. The van der Waals surface area contributed by atoms with Crippen LogP contribution >= 0.6 is 0 Å². The van der Waals surface area contributed by atoms with Gasteiger partial charge in [-0.05, 0) is 36.6 Å². The van der Waals surface area contributed by atoms with Crippen molar-refractivity contribution in [2.75, 3.05) is 0 Å². The van der Waals surface area contributed by atoms with E-state index in [2.05, 4.69) is 60.3 Å². The summed E-state index contributed by atoms with van der Waals surface area (Å²) >= 11 is 0. The lowest BCUT2D eigenvalue weighted by Gasteiger charge is -2.10. The fourth-order valence-electron chi connectivity index (χ4n) is 3.69. The topological polar surface area (TPSA) is 60.9 Å². The minimum Gasteiger partial charge on any atom is -0.216 e. The van der Waals surface area contributed by atoms with Crippen molar-refractivity contribution in [1.82, 2.24) is 29.4 Å². The number of fused-ring (bicyclic) bond motifs is 3. The molecule has 0 unspecified atom stereocenters. The summed E-state index contributed by atoms with van der Waals surface area (Å²) < 4.78 is 3.61. The SMILES string of the molecule is CC[C@@H](c1ccccc1)c1nc2c3cnn(-c4cccc(C)c4)c3ncn2n1. The van der Waals surface area contributed by atoms with Crippen LogP contribution in [0.15, 0.2) is 67.1 Å². The van der Waals surface area contributed by atoms with Crippen molar-refractivity contribution >= 4 is 16.7 Å². The van der Waals surface area contributed by atoms with Crippen LogP contribution < -0.4 is 0 Å². The van der Waals surface area contributed by atoms with E-state index in [-0.39, 0.29) is 5.92 Å². The van der Waals surface area contributed by atoms with E-state index in [0.717, 1.165) is 34.6 Å². The number of hydrogen-bond donors (Lipinski definition) is 0. The Hall–Kier alpha value is -3.54. The second-order valence-electron chi connectivity index (χ2n) is 6.99. The van der Waals surface area contributed by atoms with Crippen LogP contribution in [-0.4, -0.2) is 29.4 Å². The molecule has 5 rings (SSSR count). The lowest BCUT2D eigenvalue weighted by atomic mass is 9.96. The first-order valence-electron chi connectivity index (χ1n) is 9.45. The van der Waals surface area contributed by atoms with Gasteiger partial charge in [0.15, 0.2) is 17.1 Å². The van der Waals surface area contributed by atoms with Crippen LogP contribution in [0.4, 0.5) is 0 Å². The molecule has 0 saturated carbocycles. The highest BCUT2D eigenvalue weighted by atomic mass is 15.3. The lowest BCUT2D eigenvalue weighted by molar-refractivity contribution is 0.711. The summed E-state index contributed by atoms with van der Waals surface area (Å²) in [5.74, 6) is 0.967. The molecule has 6 nitrogen and oxygen atoms in total. The number of aromatic nitrogens is 6. The Bertz CT molecular complexity index is 1270. The number of hydrogen-bond acceptors (Lipinski definition) is 4. The van der Waals surface area contributed by atoms with E-state index in [1.807, 2.05) is 29.1 Å². The minimum absolute atomic E-state index is 0.156. The third-order valence-corrected chi connectivity index (χ3v) is 5.09. The van der Waals surface area contributed by atoms with Crippen LogP contribution in [-0.2, 0) is 0 Å². The number of benzene rings is 2. The van der Waals surface area contributed by atoms with E-state index in [0.29, 0.717) is 0 Å². The van der Waals surface area contributed by atoms with E-state index >= 15 is 0 Å².